The molecule has 1 N–H and O–H groups in total. The number of nitrogens with zero attached hydrogens (tertiary/aromatic N) is 1. The van der Waals surface area contributed by atoms with Crippen molar-refractivity contribution in [3.8, 4) is 0 Å². The van der Waals surface area contributed by atoms with Gasteiger partial charge < -0.3 is 10.1 Å². The van der Waals surface area contributed by atoms with Crippen LogP contribution < -0.4 is 5.32 Å². The zero-order valence-corrected chi connectivity index (χ0v) is 8.88. The highest BCUT2D eigenvalue weighted by atomic mass is 16.5. The minimum absolute atomic E-state index is 0.655. The van der Waals surface area contributed by atoms with E-state index in [1.165, 1.54) is 13.0 Å². The smallest absolute Gasteiger partial charge is 0.0634 e. The van der Waals surface area contributed by atoms with Crippen LogP contribution in [-0.4, -0.2) is 50.3 Å². The van der Waals surface area contributed by atoms with Crippen LogP contribution in [0.15, 0.2) is 0 Å². The van der Waals surface area contributed by atoms with Gasteiger partial charge in [-0.25, -0.2) is 0 Å². The van der Waals surface area contributed by atoms with Crippen LogP contribution in [0, 0.1) is 0 Å². The molecule has 3 heteroatoms. The van der Waals surface area contributed by atoms with E-state index in [1.54, 1.807) is 0 Å². The quantitative estimate of drug-likeness (QED) is 0.603. The van der Waals surface area contributed by atoms with Gasteiger partial charge in [-0.05, 0) is 0 Å². The number of nitrogens with one attached hydrogen (secondary N) is 1. The molecule has 2 aliphatic heterocycles. The van der Waals surface area contributed by atoms with Crippen molar-refractivity contribution in [2.45, 2.75) is 26.3 Å². The van der Waals surface area contributed by atoms with Crippen LogP contribution in [-0.2, 0) is 4.74 Å². The normalized spacial score (nSPS) is 28.6. The molecule has 0 unspecified atom stereocenters. The third-order valence-corrected chi connectivity index (χ3v) is 2.31. The van der Waals surface area contributed by atoms with E-state index in [9.17, 15) is 0 Å². The van der Waals surface area contributed by atoms with Crippen molar-refractivity contribution < 1.29 is 4.74 Å². The minimum atomic E-state index is 0.655. The lowest BCUT2D eigenvalue weighted by Crippen LogP contribution is -2.56. The maximum Gasteiger partial charge on any atom is 0.0634 e. The average molecular weight is 186 g/mol. The second kappa shape index (κ2) is 6.35. The lowest BCUT2D eigenvalue weighted by atomic mass is 10.2. The maximum absolute atomic E-state index is 5.36. The summed E-state index contributed by atoms with van der Waals surface area (Å²) >= 11 is 0. The van der Waals surface area contributed by atoms with E-state index in [0.29, 0.717) is 6.04 Å². The second-order valence-electron chi connectivity index (χ2n) is 3.68. The molecule has 0 radical (unpaired) electrons. The molecule has 2 rings (SSSR count). The molecule has 78 valence electrons. The first-order valence-electron chi connectivity index (χ1n) is 5.41. The molecule has 0 aliphatic carbocycles. The summed E-state index contributed by atoms with van der Waals surface area (Å²) in [6.45, 7) is 10.7. The fourth-order valence-corrected chi connectivity index (χ4v) is 1.66. The van der Waals surface area contributed by atoms with Gasteiger partial charge >= 0.3 is 0 Å². The summed E-state index contributed by atoms with van der Waals surface area (Å²) in [6, 6.07) is 0.655. The number of piperazine rings is 1. The van der Waals surface area contributed by atoms with Crippen molar-refractivity contribution in [1.82, 2.24) is 10.2 Å². The van der Waals surface area contributed by atoms with Gasteiger partial charge in [-0.1, -0.05) is 20.3 Å². The first kappa shape index (κ1) is 11.0. The molecule has 2 aliphatic rings. The summed E-state index contributed by atoms with van der Waals surface area (Å²) in [7, 11) is 0. The van der Waals surface area contributed by atoms with Crippen LogP contribution in [0.25, 0.3) is 0 Å². The van der Waals surface area contributed by atoms with E-state index in [-0.39, 0.29) is 0 Å². The monoisotopic (exact) mass is 186 g/mol. The van der Waals surface area contributed by atoms with Gasteiger partial charge in [0.25, 0.3) is 0 Å². The molecule has 0 aromatic heterocycles. The molecule has 2 heterocycles. The Morgan fingerprint density at radius 1 is 1.38 bits per heavy atom. The summed E-state index contributed by atoms with van der Waals surface area (Å²) in [4.78, 5) is 2.51. The van der Waals surface area contributed by atoms with Crippen molar-refractivity contribution in [2.24, 2.45) is 0 Å². The van der Waals surface area contributed by atoms with E-state index in [0.717, 1.165) is 32.8 Å². The lowest BCUT2D eigenvalue weighted by molar-refractivity contribution is -0.0168. The predicted molar refractivity (Wildman–Crippen MR) is 55.0 cm³/mol. The summed E-state index contributed by atoms with van der Waals surface area (Å²) in [5, 5.41) is 3.36. The molecule has 0 amide bonds. The predicted octanol–water partition coefficient (Wildman–Crippen LogP) is 0.707. The zero-order valence-electron chi connectivity index (χ0n) is 8.88. The van der Waals surface area contributed by atoms with Gasteiger partial charge in [0.2, 0.25) is 0 Å². The molecule has 0 aromatic rings. The Hall–Kier alpha value is -0.120. The van der Waals surface area contributed by atoms with Crippen LogP contribution >= 0.6 is 0 Å². The van der Waals surface area contributed by atoms with Gasteiger partial charge in [0.1, 0.15) is 0 Å². The fraction of sp³-hybridized carbons (Fsp3) is 1.00. The standard InChI is InChI=1S/C7H14N2O.C3H8/c1-2-9-3-4-10-6-7(9)5-8-1;1-3-2/h7-8H,1-6H2;3H2,1-2H3/t7-;/m0./s1. The molecule has 2 fully saturated rings. The molecule has 0 bridgehead atoms. The van der Waals surface area contributed by atoms with Gasteiger partial charge in [-0.3, -0.25) is 4.90 Å². The number of rotatable bonds is 0. The molecule has 0 aromatic carbocycles. The van der Waals surface area contributed by atoms with Gasteiger partial charge in [0.05, 0.1) is 13.2 Å². The zero-order chi connectivity index (χ0) is 9.52. The van der Waals surface area contributed by atoms with Crippen molar-refractivity contribution in [2.75, 3.05) is 39.4 Å². The van der Waals surface area contributed by atoms with Crippen molar-refractivity contribution >= 4 is 0 Å². The third kappa shape index (κ3) is 3.63. The van der Waals surface area contributed by atoms with Crippen LogP contribution in [0.5, 0.6) is 0 Å². The number of ether oxygens (including phenoxy) is 1. The average Bonchev–Trinajstić information content (AvgIpc) is 2.19. The molecule has 3 nitrogen and oxygen atoms in total. The Balaban J connectivity index is 0.000000251. The van der Waals surface area contributed by atoms with Crippen LogP contribution in [0.1, 0.15) is 20.3 Å². The highest BCUT2D eigenvalue weighted by molar-refractivity contribution is 4.81. The Morgan fingerprint density at radius 2 is 2.15 bits per heavy atom. The van der Waals surface area contributed by atoms with Gasteiger partial charge in [0.15, 0.2) is 0 Å². The van der Waals surface area contributed by atoms with Gasteiger partial charge in [0, 0.05) is 32.2 Å². The maximum atomic E-state index is 5.36. The molecule has 13 heavy (non-hydrogen) atoms. The highest BCUT2D eigenvalue weighted by Gasteiger charge is 2.24. The Kier molecular flexibility index (Phi) is 5.35. The van der Waals surface area contributed by atoms with E-state index >= 15 is 0 Å². The first-order valence-corrected chi connectivity index (χ1v) is 5.41. The van der Waals surface area contributed by atoms with E-state index in [1.807, 2.05) is 0 Å². The second-order valence-corrected chi connectivity index (χ2v) is 3.68. The summed E-state index contributed by atoms with van der Waals surface area (Å²) in [5.74, 6) is 0. The molecule has 2 saturated heterocycles. The summed E-state index contributed by atoms with van der Waals surface area (Å²) < 4.78 is 5.36. The van der Waals surface area contributed by atoms with Crippen molar-refractivity contribution in [3.05, 3.63) is 0 Å². The van der Waals surface area contributed by atoms with E-state index < -0.39 is 0 Å². The largest absolute Gasteiger partial charge is 0.378 e. The van der Waals surface area contributed by atoms with Gasteiger partial charge in [-0.2, -0.15) is 0 Å². The Labute approximate surface area is 81.4 Å². The van der Waals surface area contributed by atoms with Crippen LogP contribution in [0.3, 0.4) is 0 Å². The molecule has 0 spiro atoms. The number of hydrogen-bond acceptors (Lipinski definition) is 3. The summed E-state index contributed by atoms with van der Waals surface area (Å²) in [5.41, 5.74) is 0. The molecular weight excluding hydrogens is 164 g/mol. The first-order chi connectivity index (χ1) is 6.38. The third-order valence-electron chi connectivity index (χ3n) is 2.31. The molecule has 1 atom stereocenters. The van der Waals surface area contributed by atoms with E-state index in [2.05, 4.69) is 24.1 Å². The van der Waals surface area contributed by atoms with Crippen molar-refractivity contribution in [3.63, 3.8) is 0 Å². The highest BCUT2D eigenvalue weighted by Crippen LogP contribution is 2.07. The van der Waals surface area contributed by atoms with Crippen LogP contribution in [0.2, 0.25) is 0 Å². The molecule has 0 saturated carbocycles. The van der Waals surface area contributed by atoms with E-state index in [4.69, 9.17) is 4.74 Å². The topological polar surface area (TPSA) is 24.5 Å². The van der Waals surface area contributed by atoms with Crippen LogP contribution in [0.4, 0.5) is 0 Å². The van der Waals surface area contributed by atoms with Crippen molar-refractivity contribution in [1.29, 1.82) is 0 Å². The Morgan fingerprint density at radius 3 is 2.85 bits per heavy atom. The Bertz CT molecular complexity index is 104. The number of hydrogen-bond donors (Lipinski definition) is 1. The summed E-state index contributed by atoms with van der Waals surface area (Å²) in [6.07, 6.45) is 1.25. The number of fused-ring (bicyclic) bond motifs is 1. The fourth-order valence-electron chi connectivity index (χ4n) is 1.66. The van der Waals surface area contributed by atoms with Gasteiger partial charge in [-0.15, -0.1) is 0 Å². The minimum Gasteiger partial charge on any atom is -0.378 e. The SMILES string of the molecule is C1CN2CCOC[C@@H]2CN1.CCC. The molecular formula is C10H22N2O. The number of morpholine rings is 1. The lowest BCUT2D eigenvalue weighted by Gasteiger charge is -2.39.